The van der Waals surface area contributed by atoms with Gasteiger partial charge in [0.1, 0.15) is 5.60 Å². The van der Waals surface area contributed by atoms with Gasteiger partial charge in [0, 0.05) is 0 Å². The van der Waals surface area contributed by atoms with E-state index in [1.54, 1.807) is 13.8 Å². The zero-order valence-corrected chi connectivity index (χ0v) is 24.9. The molecule has 0 aliphatic rings. The molecule has 0 unspecified atom stereocenters. The summed E-state index contributed by atoms with van der Waals surface area (Å²) in [5, 5.41) is 0. The van der Waals surface area contributed by atoms with Gasteiger partial charge in [0.15, 0.2) is 0 Å². The van der Waals surface area contributed by atoms with Crippen LogP contribution in [0, 0.1) is 0 Å². The molecule has 0 atom stereocenters. The van der Waals surface area contributed by atoms with Crippen LogP contribution >= 0.6 is 0 Å². The number of hydrogen-bond acceptors (Lipinski definition) is 7. The molecular formula is C24H52O7Si. The van der Waals surface area contributed by atoms with Gasteiger partial charge in [-0.3, -0.25) is 0 Å². The second kappa shape index (κ2) is 9.53. The molecule has 194 valence electrons. The van der Waals surface area contributed by atoms with Crippen molar-refractivity contribution in [2.24, 2.45) is 0 Å². The van der Waals surface area contributed by atoms with E-state index in [0.717, 1.165) is 0 Å². The highest BCUT2D eigenvalue weighted by Gasteiger charge is 2.63. The maximum Gasteiger partial charge on any atom is 0.678 e. The molecule has 8 heteroatoms. The van der Waals surface area contributed by atoms with Crippen LogP contribution < -0.4 is 0 Å². The molecule has 0 aromatic rings. The van der Waals surface area contributed by atoms with Crippen molar-refractivity contribution in [2.45, 2.75) is 157 Å². The molecule has 0 aliphatic heterocycles. The summed E-state index contributed by atoms with van der Waals surface area (Å²) in [6, 6.07) is 0. The molecule has 0 rings (SSSR count). The van der Waals surface area contributed by atoms with Crippen molar-refractivity contribution in [2.75, 3.05) is 0 Å². The van der Waals surface area contributed by atoms with E-state index >= 15 is 0 Å². The van der Waals surface area contributed by atoms with Crippen molar-refractivity contribution in [3.63, 3.8) is 0 Å². The van der Waals surface area contributed by atoms with E-state index in [0.29, 0.717) is 0 Å². The first-order chi connectivity index (χ1) is 13.5. The highest BCUT2D eigenvalue weighted by Crippen LogP contribution is 2.43. The molecule has 0 saturated heterocycles. The average molecular weight is 481 g/mol. The number of ether oxygens (including phenoxy) is 3. The Labute approximate surface area is 198 Å². The van der Waals surface area contributed by atoms with Gasteiger partial charge in [0.25, 0.3) is 0 Å². The molecule has 32 heavy (non-hydrogen) atoms. The second-order valence-electron chi connectivity index (χ2n) is 13.8. The maximum atomic E-state index is 11.6. The van der Waals surface area contributed by atoms with E-state index in [1.165, 1.54) is 0 Å². The summed E-state index contributed by atoms with van der Waals surface area (Å²) in [6.45, 7) is 31.8. The van der Waals surface area contributed by atoms with Crippen molar-refractivity contribution in [1.82, 2.24) is 0 Å². The van der Waals surface area contributed by atoms with Gasteiger partial charge in [0.05, 0.1) is 28.0 Å². The molecule has 0 saturated carbocycles. The van der Waals surface area contributed by atoms with Crippen molar-refractivity contribution in [3.8, 4) is 0 Å². The number of hydrogen-bond donors (Lipinski definition) is 1. The van der Waals surface area contributed by atoms with E-state index in [-0.39, 0.29) is 0 Å². The Balaban J connectivity index is 6.74. The normalized spacial score (nSPS) is 15.9. The lowest BCUT2D eigenvalue weighted by atomic mass is 10.0. The first kappa shape index (κ1) is 31.9. The van der Waals surface area contributed by atoms with Gasteiger partial charge in [-0.2, -0.15) is 0 Å². The first-order valence-corrected chi connectivity index (χ1v) is 13.1. The molecule has 0 spiro atoms. The fourth-order valence-corrected chi connectivity index (χ4v) is 5.30. The SMILES string of the molecule is CC(C)(C)OC(OC(C)(C)C)(OC(C)(C)C)C(C)(C)O[Si](O)(OC(C)(C)C)OC(C)(C)C. The Bertz CT molecular complexity index is 539. The molecule has 0 heterocycles. The topological polar surface area (TPSA) is 75.6 Å². The molecule has 0 amide bonds. The molecule has 0 bridgehead atoms. The predicted molar refractivity (Wildman–Crippen MR) is 130 cm³/mol. The van der Waals surface area contributed by atoms with Gasteiger partial charge in [-0.15, -0.1) is 0 Å². The molecule has 0 radical (unpaired) electrons. The van der Waals surface area contributed by atoms with Crippen LogP contribution in [0.3, 0.4) is 0 Å². The summed E-state index contributed by atoms with van der Waals surface area (Å²) < 4.78 is 37.8. The van der Waals surface area contributed by atoms with E-state index in [9.17, 15) is 4.80 Å². The molecule has 1 N–H and O–H groups in total. The van der Waals surface area contributed by atoms with Crippen molar-refractivity contribution < 1.29 is 32.3 Å². The van der Waals surface area contributed by atoms with Crippen molar-refractivity contribution in [1.29, 1.82) is 0 Å². The minimum absolute atomic E-state index is 0.660. The maximum absolute atomic E-state index is 11.6. The predicted octanol–water partition coefficient (Wildman–Crippen LogP) is 5.94. The lowest BCUT2D eigenvalue weighted by molar-refractivity contribution is -0.490. The summed E-state index contributed by atoms with van der Waals surface area (Å²) in [4.78, 5) is 11.6. The monoisotopic (exact) mass is 480 g/mol. The lowest BCUT2D eigenvalue weighted by Gasteiger charge is -2.53. The van der Waals surface area contributed by atoms with Crippen molar-refractivity contribution in [3.05, 3.63) is 0 Å². The highest BCUT2D eigenvalue weighted by molar-refractivity contribution is 6.52. The minimum atomic E-state index is -4.23. The van der Waals surface area contributed by atoms with E-state index in [1.807, 2.05) is 104 Å². The number of rotatable bonds is 8. The van der Waals surface area contributed by atoms with Gasteiger partial charge >= 0.3 is 15.0 Å². The van der Waals surface area contributed by atoms with Crippen LogP contribution in [0.1, 0.15) is 118 Å². The lowest BCUT2D eigenvalue weighted by Crippen LogP contribution is -2.69. The Hall–Kier alpha value is -0.0631. The first-order valence-electron chi connectivity index (χ1n) is 11.4. The highest BCUT2D eigenvalue weighted by atomic mass is 28.4. The van der Waals surface area contributed by atoms with Crippen molar-refractivity contribution >= 4 is 9.05 Å². The van der Waals surface area contributed by atoms with Crippen LogP contribution in [-0.2, 0) is 27.5 Å². The van der Waals surface area contributed by atoms with Gasteiger partial charge in [0.2, 0.25) is 0 Å². The average Bonchev–Trinajstić information content (AvgIpc) is 2.23. The van der Waals surface area contributed by atoms with Gasteiger partial charge in [-0.1, -0.05) is 0 Å². The smallest absolute Gasteiger partial charge is 0.367 e. The van der Waals surface area contributed by atoms with E-state index in [2.05, 4.69) is 0 Å². The molecule has 0 aromatic carbocycles. The second-order valence-corrected chi connectivity index (χ2v) is 15.4. The summed E-state index contributed by atoms with van der Waals surface area (Å²) >= 11 is 0. The Morgan fingerprint density at radius 3 is 0.844 bits per heavy atom. The third kappa shape index (κ3) is 12.4. The molecule has 7 nitrogen and oxygen atoms in total. The third-order valence-corrected chi connectivity index (χ3v) is 5.82. The molecule has 0 aromatic heterocycles. The minimum Gasteiger partial charge on any atom is -0.367 e. The van der Waals surface area contributed by atoms with Crippen LogP contribution in [0.15, 0.2) is 0 Å². The zero-order valence-electron chi connectivity index (χ0n) is 23.9. The molecule has 0 aliphatic carbocycles. The Morgan fingerprint density at radius 2 is 0.656 bits per heavy atom. The summed E-state index contributed by atoms with van der Waals surface area (Å²) in [5.74, 6) is -1.70. The Morgan fingerprint density at radius 1 is 0.406 bits per heavy atom. The van der Waals surface area contributed by atoms with Crippen LogP contribution in [0.25, 0.3) is 0 Å². The summed E-state index contributed by atoms with van der Waals surface area (Å²) in [7, 11) is -4.23. The van der Waals surface area contributed by atoms with Gasteiger partial charge < -0.3 is 32.3 Å². The summed E-state index contributed by atoms with van der Waals surface area (Å²) in [6.07, 6.45) is 0. The zero-order chi connectivity index (χ0) is 26.2. The van der Waals surface area contributed by atoms with Crippen LogP contribution in [0.2, 0.25) is 0 Å². The van der Waals surface area contributed by atoms with Gasteiger partial charge in [-0.05, 0) is 118 Å². The largest absolute Gasteiger partial charge is 0.678 e. The molecule has 0 fully saturated rings. The summed E-state index contributed by atoms with van der Waals surface area (Å²) in [5.41, 5.74) is -4.76. The van der Waals surface area contributed by atoms with Gasteiger partial charge in [-0.25, -0.2) is 0 Å². The van der Waals surface area contributed by atoms with Crippen LogP contribution in [0.4, 0.5) is 0 Å². The Kier molecular flexibility index (Phi) is 9.51. The molecular weight excluding hydrogens is 428 g/mol. The fraction of sp³-hybridized carbons (Fsp3) is 1.00. The standard InChI is InChI=1S/C24H52O7Si/c1-18(2,3)26-24(27-19(4,5)6,28-20(7,8)9)23(16,17)31-32(25,29-21(10,11)12)30-22(13,14)15/h25H,1-17H3. The van der Waals surface area contributed by atoms with E-state index in [4.69, 9.17) is 27.5 Å². The quantitative estimate of drug-likeness (QED) is 0.340. The third-order valence-electron chi connectivity index (χ3n) is 3.31. The van der Waals surface area contributed by atoms with Crippen LogP contribution in [0.5, 0.6) is 0 Å². The fourth-order valence-electron chi connectivity index (χ4n) is 2.86. The van der Waals surface area contributed by atoms with Crippen LogP contribution in [-0.4, -0.2) is 53.4 Å². The van der Waals surface area contributed by atoms with E-state index < -0.39 is 48.6 Å².